The average molecular weight is 247 g/mol. The van der Waals surface area contributed by atoms with Gasteiger partial charge in [-0.1, -0.05) is 0 Å². The molecule has 0 unspecified atom stereocenters. The van der Waals surface area contributed by atoms with Crippen molar-refractivity contribution < 1.29 is 34.5 Å². The van der Waals surface area contributed by atoms with Crippen molar-refractivity contribution in [1.82, 2.24) is 0 Å². The van der Waals surface area contributed by atoms with Gasteiger partial charge in [-0.2, -0.15) is 0 Å². The molecule has 0 radical (unpaired) electrons. The maximum Gasteiger partial charge on any atom is 2.00 e. The molecule has 0 amide bonds. The summed E-state index contributed by atoms with van der Waals surface area (Å²) in [4.78, 5) is 9.00. The number of hydrogen-bond donors (Lipinski definition) is 1. The SMILES string of the molecule is CC(=O)O.[Ba+2].[H-].[H-].[Ti]. The first-order valence-corrected chi connectivity index (χ1v) is 0.928. The summed E-state index contributed by atoms with van der Waals surface area (Å²) < 4.78 is 0. The van der Waals surface area contributed by atoms with Crippen LogP contribution in [0.3, 0.4) is 0 Å². The largest absolute Gasteiger partial charge is 2.00 e. The Labute approximate surface area is 94.6 Å². The molecule has 0 saturated carbocycles. The zero-order valence-corrected chi connectivity index (χ0v) is 9.56. The number of carbonyl (C=O) groups is 1. The van der Waals surface area contributed by atoms with Crippen molar-refractivity contribution in [1.29, 1.82) is 0 Å². The Morgan fingerprint density at radius 3 is 1.83 bits per heavy atom. The molecular formula is C2H6BaO2Ti. The first-order chi connectivity index (χ1) is 1.73. The summed E-state index contributed by atoms with van der Waals surface area (Å²) in [5.74, 6) is -0.833. The minimum atomic E-state index is -0.833. The topological polar surface area (TPSA) is 37.3 Å². The standard InChI is InChI=1S/C2H4O2.Ba.Ti.2H/c1-2(3)4;;;;/h1H3,(H,3,4);;;;/q;+2;;2*-1. The average Bonchev–Trinajstić information content (AvgIpc) is 0.811. The van der Waals surface area contributed by atoms with Gasteiger partial charge in [0, 0.05) is 28.6 Å². The molecular weight excluding hydrogens is 241 g/mol. The normalized spacial score (nSPS) is 4.17. The molecule has 0 atom stereocenters. The molecule has 0 saturated heterocycles. The van der Waals surface area contributed by atoms with E-state index in [1.54, 1.807) is 0 Å². The van der Waals surface area contributed by atoms with Crippen molar-refractivity contribution in [3.8, 4) is 0 Å². The van der Waals surface area contributed by atoms with Gasteiger partial charge in [0.2, 0.25) is 0 Å². The van der Waals surface area contributed by atoms with Crippen molar-refractivity contribution in [2.45, 2.75) is 6.92 Å². The van der Waals surface area contributed by atoms with E-state index in [9.17, 15) is 0 Å². The molecule has 0 bridgehead atoms. The van der Waals surface area contributed by atoms with E-state index in [4.69, 9.17) is 9.90 Å². The Kier molecular flexibility index (Phi) is 25.8. The molecule has 0 aromatic heterocycles. The number of aliphatic carboxylic acids is 1. The van der Waals surface area contributed by atoms with Crippen LogP contribution in [0.1, 0.15) is 9.78 Å². The maximum absolute atomic E-state index is 9.00. The zero-order valence-electron chi connectivity index (χ0n) is 5.56. The van der Waals surface area contributed by atoms with Gasteiger partial charge in [-0.05, 0) is 0 Å². The van der Waals surface area contributed by atoms with E-state index in [1.807, 2.05) is 0 Å². The molecule has 0 spiro atoms. The molecule has 0 aliphatic heterocycles. The van der Waals surface area contributed by atoms with Gasteiger partial charge in [0.15, 0.2) is 0 Å². The van der Waals surface area contributed by atoms with Crippen molar-refractivity contribution in [3.05, 3.63) is 0 Å². The van der Waals surface area contributed by atoms with Crippen LogP contribution in [-0.2, 0) is 26.5 Å². The molecule has 1 N–H and O–H groups in total. The first-order valence-electron chi connectivity index (χ1n) is 0.928. The molecule has 6 heavy (non-hydrogen) atoms. The van der Waals surface area contributed by atoms with Crippen LogP contribution in [0.5, 0.6) is 0 Å². The summed E-state index contributed by atoms with van der Waals surface area (Å²) in [6, 6.07) is 0. The van der Waals surface area contributed by atoms with E-state index in [0.29, 0.717) is 0 Å². The van der Waals surface area contributed by atoms with E-state index in [2.05, 4.69) is 0 Å². The Morgan fingerprint density at radius 2 is 1.83 bits per heavy atom. The Balaban J connectivity index is -0.00000000750. The van der Waals surface area contributed by atoms with Crippen molar-refractivity contribution >= 4 is 54.9 Å². The van der Waals surface area contributed by atoms with Crippen LogP contribution in [0.25, 0.3) is 0 Å². The van der Waals surface area contributed by atoms with Crippen molar-refractivity contribution in [2.75, 3.05) is 0 Å². The van der Waals surface area contributed by atoms with E-state index < -0.39 is 5.97 Å². The van der Waals surface area contributed by atoms with E-state index in [1.165, 1.54) is 0 Å². The molecule has 0 aliphatic rings. The van der Waals surface area contributed by atoms with Gasteiger partial charge in [-0.25, -0.2) is 0 Å². The fourth-order valence-corrected chi connectivity index (χ4v) is 0. The summed E-state index contributed by atoms with van der Waals surface area (Å²) in [6.07, 6.45) is 0. The van der Waals surface area contributed by atoms with Gasteiger partial charge in [0.1, 0.15) is 0 Å². The Morgan fingerprint density at radius 1 is 1.83 bits per heavy atom. The van der Waals surface area contributed by atoms with E-state index >= 15 is 0 Å². The third kappa shape index (κ3) is 42.2. The summed E-state index contributed by atoms with van der Waals surface area (Å²) in [5, 5.41) is 7.42. The third-order valence-electron chi connectivity index (χ3n) is 0. The molecule has 0 heterocycles. The minimum Gasteiger partial charge on any atom is -1.00 e. The quantitative estimate of drug-likeness (QED) is 0.609. The molecule has 0 aromatic carbocycles. The summed E-state index contributed by atoms with van der Waals surface area (Å²) >= 11 is 0. The smallest absolute Gasteiger partial charge is 1.00 e. The minimum absolute atomic E-state index is 0. The molecule has 0 aliphatic carbocycles. The molecule has 0 aromatic rings. The van der Waals surface area contributed by atoms with Crippen LogP contribution < -0.4 is 0 Å². The number of carboxylic acids is 1. The van der Waals surface area contributed by atoms with Crippen LogP contribution in [-0.4, -0.2) is 60.0 Å². The maximum atomic E-state index is 9.00. The van der Waals surface area contributed by atoms with Gasteiger partial charge >= 0.3 is 48.9 Å². The molecule has 0 fully saturated rings. The molecule has 4 heteroatoms. The van der Waals surface area contributed by atoms with Crippen molar-refractivity contribution in [2.24, 2.45) is 0 Å². The second-order valence-electron chi connectivity index (χ2n) is 0.519. The summed E-state index contributed by atoms with van der Waals surface area (Å²) in [7, 11) is 0. The van der Waals surface area contributed by atoms with Crippen LogP contribution in [0.4, 0.5) is 0 Å². The monoisotopic (exact) mass is 248 g/mol. The van der Waals surface area contributed by atoms with Crippen LogP contribution >= 0.6 is 0 Å². The van der Waals surface area contributed by atoms with Crippen LogP contribution in [0.2, 0.25) is 0 Å². The predicted octanol–water partition coefficient (Wildman–Crippen LogP) is -0.0674. The molecule has 2 nitrogen and oxygen atoms in total. The summed E-state index contributed by atoms with van der Waals surface area (Å²) in [6.45, 7) is 1.08. The second-order valence-corrected chi connectivity index (χ2v) is 0.519. The Hall–Kier alpha value is 1.76. The van der Waals surface area contributed by atoms with Gasteiger partial charge in [-0.3, -0.25) is 4.79 Å². The van der Waals surface area contributed by atoms with Crippen LogP contribution in [0.15, 0.2) is 0 Å². The Bertz CT molecular complexity index is 41.0. The number of carboxylic acid groups (broad SMARTS) is 1. The van der Waals surface area contributed by atoms with E-state index in [0.717, 1.165) is 6.92 Å². The first kappa shape index (κ1) is 15.7. The van der Waals surface area contributed by atoms with Crippen molar-refractivity contribution in [3.63, 3.8) is 0 Å². The zero-order chi connectivity index (χ0) is 3.58. The summed E-state index contributed by atoms with van der Waals surface area (Å²) in [5.41, 5.74) is 0. The molecule has 0 rings (SSSR count). The predicted molar refractivity (Wildman–Crippen MR) is 21.3 cm³/mol. The van der Waals surface area contributed by atoms with Gasteiger partial charge in [0.05, 0.1) is 0 Å². The van der Waals surface area contributed by atoms with Crippen LogP contribution in [0, 0.1) is 0 Å². The number of rotatable bonds is 0. The molecule has 32 valence electrons. The van der Waals surface area contributed by atoms with Gasteiger partial charge in [-0.15, -0.1) is 0 Å². The van der Waals surface area contributed by atoms with Gasteiger partial charge in [0.25, 0.3) is 5.97 Å². The second kappa shape index (κ2) is 9.90. The third-order valence-corrected chi connectivity index (χ3v) is 0. The number of hydrogen-bond acceptors (Lipinski definition) is 1. The van der Waals surface area contributed by atoms with E-state index in [-0.39, 0.29) is 73.5 Å². The van der Waals surface area contributed by atoms with Gasteiger partial charge < -0.3 is 7.96 Å². The fourth-order valence-electron chi connectivity index (χ4n) is 0. The fraction of sp³-hybridized carbons (Fsp3) is 0.500.